The van der Waals surface area contributed by atoms with Crippen LogP contribution in [-0.4, -0.2) is 13.0 Å². The first-order valence-electron chi connectivity index (χ1n) is 7.13. The molecule has 1 aliphatic rings. The van der Waals surface area contributed by atoms with E-state index < -0.39 is 10.1 Å². The molecule has 120 valence electrons. The molecular formula is C16H17N3O3S. The van der Waals surface area contributed by atoms with Crippen molar-refractivity contribution in [1.29, 1.82) is 0 Å². The summed E-state index contributed by atoms with van der Waals surface area (Å²) in [7, 11) is -4.31. The molecule has 0 radical (unpaired) electrons. The van der Waals surface area contributed by atoms with Crippen LogP contribution >= 0.6 is 0 Å². The Bertz CT molecular complexity index is 862. The Labute approximate surface area is 134 Å². The summed E-state index contributed by atoms with van der Waals surface area (Å²) < 4.78 is 32.6. The predicted molar refractivity (Wildman–Crippen MR) is 92.4 cm³/mol. The van der Waals surface area contributed by atoms with Gasteiger partial charge in [-0.15, -0.1) is 0 Å². The van der Waals surface area contributed by atoms with Crippen molar-refractivity contribution < 1.29 is 13.0 Å². The first-order valence-corrected chi connectivity index (χ1v) is 8.57. The van der Waals surface area contributed by atoms with E-state index in [2.05, 4.69) is 10.9 Å². The number of rotatable bonds is 4. The van der Waals surface area contributed by atoms with Crippen LogP contribution in [-0.2, 0) is 16.5 Å². The van der Waals surface area contributed by atoms with Crippen molar-refractivity contribution in [1.82, 2.24) is 0 Å². The second-order valence-corrected chi connectivity index (χ2v) is 6.64. The van der Waals surface area contributed by atoms with Crippen LogP contribution < -0.4 is 16.6 Å². The van der Waals surface area contributed by atoms with Gasteiger partial charge in [-0.05, 0) is 42.7 Å². The maximum Gasteiger partial charge on any atom is 0.294 e. The minimum absolute atomic E-state index is 0.125. The smallest absolute Gasteiger partial charge is 0.294 e. The van der Waals surface area contributed by atoms with Gasteiger partial charge in [0.25, 0.3) is 10.1 Å². The minimum atomic E-state index is -4.31. The summed E-state index contributed by atoms with van der Waals surface area (Å²) in [6.45, 7) is 0. The van der Waals surface area contributed by atoms with Crippen molar-refractivity contribution in [2.75, 3.05) is 16.6 Å². The van der Waals surface area contributed by atoms with E-state index in [1.54, 1.807) is 12.1 Å². The van der Waals surface area contributed by atoms with Crippen molar-refractivity contribution in [3.63, 3.8) is 0 Å². The molecule has 0 heterocycles. The van der Waals surface area contributed by atoms with E-state index in [-0.39, 0.29) is 4.91 Å². The van der Waals surface area contributed by atoms with Crippen molar-refractivity contribution >= 4 is 32.1 Å². The van der Waals surface area contributed by atoms with E-state index in [4.69, 9.17) is 5.73 Å². The largest absolute Gasteiger partial charge is 0.398 e. The van der Waals surface area contributed by atoms with Crippen LogP contribution in [0.5, 0.6) is 0 Å². The maximum atomic E-state index is 11.6. The molecular weight excluding hydrogens is 314 g/mol. The quantitative estimate of drug-likeness (QED) is 0.390. The molecule has 0 aromatic heterocycles. The van der Waals surface area contributed by atoms with Gasteiger partial charge < -0.3 is 16.6 Å². The lowest BCUT2D eigenvalue weighted by molar-refractivity contribution is 0.496. The Morgan fingerprint density at radius 3 is 2.48 bits per heavy atom. The third-order valence-corrected chi connectivity index (χ3v) is 4.64. The molecule has 0 atom stereocenters. The van der Waals surface area contributed by atoms with E-state index >= 15 is 0 Å². The zero-order valence-electron chi connectivity index (χ0n) is 12.3. The van der Waals surface area contributed by atoms with Crippen LogP contribution in [0.2, 0.25) is 0 Å². The fraction of sp³-hybridized carbons (Fsp3) is 0.125. The number of hydrogen-bond donors (Lipinski definition) is 4. The molecule has 0 unspecified atom stereocenters. The first-order chi connectivity index (χ1) is 11.0. The molecule has 5 N–H and O–H groups in total. The van der Waals surface area contributed by atoms with Crippen molar-refractivity contribution in [2.24, 2.45) is 0 Å². The molecule has 0 aliphatic heterocycles. The maximum absolute atomic E-state index is 11.6. The molecule has 0 fully saturated rings. The standard InChI is InChI=1S/C16H17N3O3S/c17-13-9-10-14(19-18-11-5-2-1-3-6-11)12-7-4-8-15(16(12)13)23(20,21)22/h1-3,5-6,8-10,18-19H,4,7,17H2,(H,20,21,22). The molecule has 3 rings (SSSR count). The second kappa shape index (κ2) is 5.94. The SMILES string of the molecule is Nc1ccc(NNc2ccccc2)c2c1C(S(=O)(=O)O)=CCC2. The third kappa shape index (κ3) is 3.15. The molecule has 6 nitrogen and oxygen atoms in total. The summed E-state index contributed by atoms with van der Waals surface area (Å²) in [4.78, 5) is -0.125. The van der Waals surface area contributed by atoms with E-state index in [1.807, 2.05) is 30.3 Å². The Kier molecular flexibility index (Phi) is 3.97. The average molecular weight is 331 g/mol. The summed E-state index contributed by atoms with van der Waals surface area (Å²) in [5.74, 6) is 0. The highest BCUT2D eigenvalue weighted by Gasteiger charge is 2.26. The third-order valence-electron chi connectivity index (χ3n) is 3.71. The minimum Gasteiger partial charge on any atom is -0.398 e. The molecule has 0 bridgehead atoms. The van der Waals surface area contributed by atoms with E-state index in [0.29, 0.717) is 24.1 Å². The highest BCUT2D eigenvalue weighted by Crippen LogP contribution is 2.38. The summed E-state index contributed by atoms with van der Waals surface area (Å²) in [6.07, 6.45) is 2.66. The van der Waals surface area contributed by atoms with Crippen LogP contribution in [0.4, 0.5) is 17.1 Å². The molecule has 0 spiro atoms. The van der Waals surface area contributed by atoms with E-state index in [0.717, 1.165) is 16.9 Å². The molecule has 1 aliphatic carbocycles. The number of hydrogen-bond acceptors (Lipinski definition) is 5. The number of anilines is 3. The van der Waals surface area contributed by atoms with Gasteiger partial charge >= 0.3 is 0 Å². The fourth-order valence-corrected chi connectivity index (χ4v) is 3.51. The molecule has 2 aromatic rings. The van der Waals surface area contributed by atoms with Gasteiger partial charge in [0.1, 0.15) is 0 Å². The number of hydrazine groups is 1. The Morgan fingerprint density at radius 1 is 1.04 bits per heavy atom. The van der Waals surface area contributed by atoms with Gasteiger partial charge in [-0.2, -0.15) is 8.42 Å². The molecule has 2 aromatic carbocycles. The molecule has 23 heavy (non-hydrogen) atoms. The number of nitrogen functional groups attached to an aromatic ring is 1. The van der Waals surface area contributed by atoms with Crippen LogP contribution in [0.15, 0.2) is 48.5 Å². The summed E-state index contributed by atoms with van der Waals surface area (Å²) in [6, 6.07) is 12.9. The van der Waals surface area contributed by atoms with E-state index in [1.165, 1.54) is 6.08 Å². The lowest BCUT2D eigenvalue weighted by Crippen LogP contribution is -2.16. The average Bonchev–Trinajstić information content (AvgIpc) is 2.54. The van der Waals surface area contributed by atoms with Crippen molar-refractivity contribution in [3.05, 3.63) is 59.7 Å². The van der Waals surface area contributed by atoms with Gasteiger partial charge in [0.05, 0.1) is 16.3 Å². The topological polar surface area (TPSA) is 104 Å². The number of para-hydroxylation sites is 1. The van der Waals surface area contributed by atoms with Crippen molar-refractivity contribution in [2.45, 2.75) is 12.8 Å². The fourth-order valence-electron chi connectivity index (χ4n) is 2.68. The van der Waals surface area contributed by atoms with Crippen LogP contribution in [0.1, 0.15) is 17.5 Å². The highest BCUT2D eigenvalue weighted by molar-refractivity contribution is 7.95. The van der Waals surface area contributed by atoms with Crippen LogP contribution in [0, 0.1) is 0 Å². The Hall–Kier alpha value is -2.51. The molecule has 7 heteroatoms. The van der Waals surface area contributed by atoms with Gasteiger partial charge in [0.15, 0.2) is 0 Å². The Balaban J connectivity index is 1.97. The highest BCUT2D eigenvalue weighted by atomic mass is 32.2. The van der Waals surface area contributed by atoms with E-state index in [9.17, 15) is 13.0 Å². The van der Waals surface area contributed by atoms with Gasteiger partial charge in [0.2, 0.25) is 0 Å². The zero-order chi connectivity index (χ0) is 16.4. The summed E-state index contributed by atoms with van der Waals surface area (Å²) in [5, 5.41) is 0. The zero-order valence-corrected chi connectivity index (χ0v) is 13.1. The van der Waals surface area contributed by atoms with Gasteiger partial charge in [0, 0.05) is 11.3 Å². The van der Waals surface area contributed by atoms with Crippen molar-refractivity contribution in [3.8, 4) is 0 Å². The van der Waals surface area contributed by atoms with Crippen LogP contribution in [0.25, 0.3) is 4.91 Å². The molecule has 0 saturated heterocycles. The summed E-state index contributed by atoms with van der Waals surface area (Å²) in [5.41, 5.74) is 15.2. The normalized spacial score (nSPS) is 13.9. The lowest BCUT2D eigenvalue weighted by atomic mass is 9.94. The number of allylic oxidation sites excluding steroid dienone is 1. The molecule has 0 amide bonds. The molecule has 0 saturated carbocycles. The number of nitrogens with one attached hydrogen (secondary N) is 2. The number of benzene rings is 2. The monoisotopic (exact) mass is 331 g/mol. The van der Waals surface area contributed by atoms with Gasteiger partial charge in [-0.25, -0.2) is 0 Å². The first kappa shape index (κ1) is 15.4. The van der Waals surface area contributed by atoms with Gasteiger partial charge in [-0.1, -0.05) is 24.3 Å². The van der Waals surface area contributed by atoms with Gasteiger partial charge in [-0.3, -0.25) is 4.55 Å². The Morgan fingerprint density at radius 2 is 1.78 bits per heavy atom. The van der Waals surface area contributed by atoms with Crippen LogP contribution in [0.3, 0.4) is 0 Å². The lowest BCUT2D eigenvalue weighted by Gasteiger charge is -2.22. The summed E-state index contributed by atoms with van der Waals surface area (Å²) >= 11 is 0. The number of fused-ring (bicyclic) bond motifs is 1. The second-order valence-electron chi connectivity index (χ2n) is 5.25. The predicted octanol–water partition coefficient (Wildman–Crippen LogP) is 2.88. The number of nitrogens with two attached hydrogens (primary N) is 1.